The molecule has 2 aromatic rings. The Balaban J connectivity index is 1.66. The lowest BCUT2D eigenvalue weighted by molar-refractivity contribution is -0.371. The molecule has 2 heterocycles. The lowest BCUT2D eigenvalue weighted by Gasteiger charge is -2.50. The molecule has 0 saturated carbocycles. The van der Waals surface area contributed by atoms with Gasteiger partial charge in [0.2, 0.25) is 5.79 Å². The summed E-state index contributed by atoms with van der Waals surface area (Å²) in [5.74, 6) is -1.16. The van der Waals surface area contributed by atoms with Crippen molar-refractivity contribution in [2.45, 2.75) is 49.1 Å². The van der Waals surface area contributed by atoms with E-state index in [-0.39, 0.29) is 32.5 Å². The molecule has 44 heavy (non-hydrogen) atoms. The van der Waals surface area contributed by atoms with E-state index in [4.69, 9.17) is 44.8 Å². The summed E-state index contributed by atoms with van der Waals surface area (Å²) in [5.41, 5.74) is 2.28. The first-order chi connectivity index (χ1) is 21.4. The zero-order valence-electron chi connectivity index (χ0n) is 25.1. The third-order valence-corrected chi connectivity index (χ3v) is 7.77. The van der Waals surface area contributed by atoms with Crippen molar-refractivity contribution in [3.8, 4) is 5.75 Å². The fourth-order valence-corrected chi connectivity index (χ4v) is 5.54. The van der Waals surface area contributed by atoms with Crippen LogP contribution in [0.5, 0.6) is 5.75 Å². The summed E-state index contributed by atoms with van der Waals surface area (Å²) >= 11 is 6.69. The third kappa shape index (κ3) is 8.68. The fourth-order valence-electron chi connectivity index (χ4n) is 5.36. The maximum Gasteiger partial charge on any atom is 0.222 e. The van der Waals surface area contributed by atoms with Crippen molar-refractivity contribution in [2.75, 3.05) is 46.2 Å². The molecule has 2 unspecified atom stereocenters. The van der Waals surface area contributed by atoms with Gasteiger partial charge >= 0.3 is 0 Å². The summed E-state index contributed by atoms with van der Waals surface area (Å²) in [6, 6.07) is 13.2. The molecule has 8 nitrogen and oxygen atoms in total. The van der Waals surface area contributed by atoms with Crippen LogP contribution in [-0.4, -0.2) is 81.9 Å². The highest BCUT2D eigenvalue weighted by Crippen LogP contribution is 2.42. The maximum atomic E-state index is 12.4. The van der Waals surface area contributed by atoms with Crippen LogP contribution in [0.15, 0.2) is 93.1 Å². The Morgan fingerprint density at radius 1 is 0.886 bits per heavy atom. The van der Waals surface area contributed by atoms with E-state index in [2.05, 4.69) is 26.3 Å². The first-order valence-electron chi connectivity index (χ1n) is 14.8. The largest absolute Gasteiger partial charge is 0.488 e. The quantitative estimate of drug-likeness (QED) is 0.170. The predicted octanol–water partition coefficient (Wildman–Crippen LogP) is 5.56. The van der Waals surface area contributed by atoms with E-state index in [1.165, 1.54) is 0 Å². The van der Waals surface area contributed by atoms with E-state index in [1.807, 2.05) is 30.3 Å². The van der Waals surface area contributed by atoms with Crippen molar-refractivity contribution < 1.29 is 38.3 Å². The minimum Gasteiger partial charge on any atom is -0.488 e. The molecule has 2 fully saturated rings. The second-order valence-electron chi connectivity index (χ2n) is 10.6. The van der Waals surface area contributed by atoms with E-state index in [0.717, 1.165) is 29.9 Å². The fraction of sp³-hybridized carbons (Fsp3) is 0.429. The first-order valence-corrected chi connectivity index (χ1v) is 15.2. The number of ether oxygens (including phenoxy) is 7. The molecule has 238 valence electrons. The molecule has 2 saturated heterocycles. The molecular formula is C35H43ClO8. The second kappa shape index (κ2) is 17.1. The molecule has 1 N–H and O–H groups in total. The lowest BCUT2D eigenvalue weighted by Crippen LogP contribution is -2.66. The number of hydrogen-bond donors (Lipinski definition) is 1. The van der Waals surface area contributed by atoms with Gasteiger partial charge in [-0.2, -0.15) is 0 Å². The van der Waals surface area contributed by atoms with Crippen molar-refractivity contribution >= 4 is 11.6 Å². The van der Waals surface area contributed by atoms with Gasteiger partial charge in [-0.1, -0.05) is 54.1 Å². The Labute approximate surface area is 265 Å². The van der Waals surface area contributed by atoms with Crippen LogP contribution < -0.4 is 4.74 Å². The Kier molecular flexibility index (Phi) is 13.2. The molecule has 4 rings (SSSR count). The van der Waals surface area contributed by atoms with Crippen molar-refractivity contribution in [3.63, 3.8) is 0 Å². The van der Waals surface area contributed by atoms with Gasteiger partial charge in [0.15, 0.2) is 0 Å². The van der Waals surface area contributed by atoms with Crippen LogP contribution >= 0.6 is 11.6 Å². The molecule has 0 radical (unpaired) electrons. The number of halogens is 1. The van der Waals surface area contributed by atoms with Gasteiger partial charge in [-0.25, -0.2) is 0 Å². The van der Waals surface area contributed by atoms with E-state index in [9.17, 15) is 5.11 Å². The topological polar surface area (TPSA) is 84.8 Å². The van der Waals surface area contributed by atoms with Crippen LogP contribution in [0.1, 0.15) is 23.1 Å². The van der Waals surface area contributed by atoms with Gasteiger partial charge in [-0.15, -0.1) is 26.3 Å². The standard InChI is InChI=1S/C35H43ClO8/c1-5-16-38-24-31-32(40-17-6-2)33(41-18-7-3)34(42-19-8-4)35(37,44-31)27-11-14-30(36)26(22-27)21-25-9-12-28(13-10-25)43-29-15-20-39-23-29/h5-14,22,29,31-34,37H,1-4,15-21,23-24H2/t29?,31-,32-,33+,34-,35?/m1/s1. The van der Waals surface area contributed by atoms with E-state index in [1.54, 1.807) is 36.4 Å². The van der Waals surface area contributed by atoms with Crippen LogP contribution in [0.25, 0.3) is 0 Å². The van der Waals surface area contributed by atoms with Gasteiger partial charge in [0.05, 0.1) is 46.2 Å². The summed E-state index contributed by atoms with van der Waals surface area (Å²) in [7, 11) is 0. The first kappa shape index (κ1) is 34.1. The minimum absolute atomic E-state index is 0.0755. The minimum atomic E-state index is -1.95. The third-order valence-electron chi connectivity index (χ3n) is 7.40. The monoisotopic (exact) mass is 626 g/mol. The van der Waals surface area contributed by atoms with Crippen molar-refractivity contribution in [1.29, 1.82) is 0 Å². The van der Waals surface area contributed by atoms with Crippen LogP contribution in [0.2, 0.25) is 5.02 Å². The number of hydrogen-bond acceptors (Lipinski definition) is 8. The van der Waals surface area contributed by atoms with Gasteiger partial charge in [0.1, 0.15) is 36.3 Å². The summed E-state index contributed by atoms with van der Waals surface area (Å²) in [6.45, 7) is 17.4. The second-order valence-corrected chi connectivity index (χ2v) is 11.0. The molecule has 0 bridgehead atoms. The zero-order chi connectivity index (χ0) is 31.4. The lowest BCUT2D eigenvalue weighted by atomic mass is 9.86. The predicted molar refractivity (Wildman–Crippen MR) is 170 cm³/mol. The summed E-state index contributed by atoms with van der Waals surface area (Å²) in [6.07, 6.45) is 4.84. The zero-order valence-corrected chi connectivity index (χ0v) is 25.9. The van der Waals surface area contributed by atoms with Crippen molar-refractivity contribution in [3.05, 3.63) is 115 Å². The molecule has 2 aliphatic rings. The smallest absolute Gasteiger partial charge is 0.222 e. The van der Waals surface area contributed by atoms with Crippen molar-refractivity contribution in [2.24, 2.45) is 0 Å². The maximum absolute atomic E-state index is 12.4. The van der Waals surface area contributed by atoms with Gasteiger partial charge in [0.25, 0.3) is 0 Å². The van der Waals surface area contributed by atoms with Crippen LogP contribution in [0.4, 0.5) is 0 Å². The Bertz CT molecular complexity index is 1230. The molecule has 0 spiro atoms. The Morgan fingerprint density at radius 2 is 1.57 bits per heavy atom. The van der Waals surface area contributed by atoms with Gasteiger partial charge in [-0.3, -0.25) is 0 Å². The summed E-state index contributed by atoms with van der Waals surface area (Å²) < 4.78 is 42.2. The summed E-state index contributed by atoms with van der Waals surface area (Å²) in [4.78, 5) is 0. The molecule has 0 amide bonds. The highest BCUT2D eigenvalue weighted by molar-refractivity contribution is 6.31. The van der Waals surface area contributed by atoms with Gasteiger partial charge in [0, 0.05) is 17.0 Å². The average molecular weight is 627 g/mol. The van der Waals surface area contributed by atoms with Crippen LogP contribution in [0.3, 0.4) is 0 Å². The van der Waals surface area contributed by atoms with E-state index >= 15 is 0 Å². The molecule has 9 heteroatoms. The molecule has 2 aliphatic heterocycles. The normalized spacial score (nSPS) is 26.6. The number of rotatable bonds is 18. The molecular weight excluding hydrogens is 584 g/mol. The molecule has 6 atom stereocenters. The Hall–Kier alpha value is -2.79. The van der Waals surface area contributed by atoms with Gasteiger partial charge in [-0.05, 0) is 41.8 Å². The molecule has 2 aromatic carbocycles. The Morgan fingerprint density at radius 3 is 2.23 bits per heavy atom. The van der Waals surface area contributed by atoms with Gasteiger partial charge < -0.3 is 38.3 Å². The molecule has 0 aliphatic carbocycles. The van der Waals surface area contributed by atoms with Crippen molar-refractivity contribution in [1.82, 2.24) is 0 Å². The SMILES string of the molecule is C=CCOC[C@H]1OC(O)(c2ccc(Cl)c(Cc3ccc(OC4CCOC4)cc3)c2)[C@H](OCC=C)[C@@H](OCC=C)[C@@H]1OCC=C. The average Bonchev–Trinajstić information content (AvgIpc) is 3.54. The highest BCUT2D eigenvalue weighted by atomic mass is 35.5. The number of aliphatic hydroxyl groups is 1. The number of benzene rings is 2. The van der Waals surface area contributed by atoms with E-state index < -0.39 is 30.2 Å². The van der Waals surface area contributed by atoms with E-state index in [0.29, 0.717) is 30.2 Å². The van der Waals surface area contributed by atoms with Crippen LogP contribution in [-0.2, 0) is 40.6 Å². The molecule has 0 aromatic heterocycles. The summed E-state index contributed by atoms with van der Waals surface area (Å²) in [5, 5.41) is 13.0. The highest BCUT2D eigenvalue weighted by Gasteiger charge is 2.57. The van der Waals surface area contributed by atoms with Crippen LogP contribution in [0, 0.1) is 0 Å².